The van der Waals surface area contributed by atoms with Gasteiger partial charge in [0, 0.05) is 6.07 Å². The lowest BCUT2D eigenvalue weighted by atomic mass is 9.76. The summed E-state index contributed by atoms with van der Waals surface area (Å²) in [6.45, 7) is 0.756. The number of benzene rings is 1. The van der Waals surface area contributed by atoms with Crippen molar-refractivity contribution in [2.75, 3.05) is 26.1 Å². The molecule has 156 valence electrons. The average Bonchev–Trinajstić information content (AvgIpc) is 3.52. The Kier molecular flexibility index (Phi) is 4.32. The van der Waals surface area contributed by atoms with Crippen LogP contribution in [0.3, 0.4) is 0 Å². The zero-order valence-corrected chi connectivity index (χ0v) is 16.7. The molecule has 8 nitrogen and oxygen atoms in total. The smallest absolute Gasteiger partial charge is 0.231 e. The van der Waals surface area contributed by atoms with E-state index in [1.807, 2.05) is 18.2 Å². The number of anilines is 1. The Bertz CT molecular complexity index is 1020. The number of ether oxygens (including phenoxy) is 3. The van der Waals surface area contributed by atoms with Gasteiger partial charge < -0.3 is 28.8 Å². The molecule has 5 rings (SSSR count). The van der Waals surface area contributed by atoms with Crippen LogP contribution in [-0.2, 0) is 20.9 Å². The largest absolute Gasteiger partial charge is 0.497 e. The quantitative estimate of drug-likeness (QED) is 0.735. The maximum Gasteiger partial charge on any atom is 0.231 e. The van der Waals surface area contributed by atoms with E-state index in [4.69, 9.17) is 18.6 Å². The number of likely N-dealkylation sites (tertiary alicyclic amines) is 1. The maximum atomic E-state index is 13.2. The fourth-order valence-corrected chi connectivity index (χ4v) is 4.72. The number of fused-ring (bicyclic) bond motifs is 1. The van der Waals surface area contributed by atoms with Crippen molar-refractivity contribution in [1.82, 2.24) is 4.90 Å². The van der Waals surface area contributed by atoms with Gasteiger partial charge in [-0.25, -0.2) is 0 Å². The number of rotatable bonds is 6. The van der Waals surface area contributed by atoms with Gasteiger partial charge in [-0.15, -0.1) is 0 Å². The van der Waals surface area contributed by atoms with Crippen LogP contribution in [0, 0.1) is 11.8 Å². The lowest BCUT2D eigenvalue weighted by Gasteiger charge is -2.24. The fourth-order valence-electron chi connectivity index (χ4n) is 4.72. The third-order valence-corrected chi connectivity index (χ3v) is 6.07. The third-order valence-electron chi connectivity index (χ3n) is 6.07. The predicted molar refractivity (Wildman–Crippen MR) is 106 cm³/mol. The summed E-state index contributed by atoms with van der Waals surface area (Å²) in [6, 6.07) is 8.76. The summed E-state index contributed by atoms with van der Waals surface area (Å²) >= 11 is 0. The second kappa shape index (κ2) is 6.91. The first-order valence-corrected chi connectivity index (χ1v) is 9.76. The number of hydrogen-bond acceptors (Lipinski definition) is 6. The molecule has 2 aromatic rings. The van der Waals surface area contributed by atoms with Crippen LogP contribution in [0.5, 0.6) is 11.5 Å². The summed E-state index contributed by atoms with van der Waals surface area (Å²) in [6.07, 6.45) is 4.97. The Hall–Kier alpha value is -3.26. The SMILES string of the molecule is COc1ccc(NC(=O)[C@@H]2[C@H]3C(=O)N(Cc4ccco4)C[C@@]34C=C[C@H]2O4)c(OC)c1. The van der Waals surface area contributed by atoms with Crippen LogP contribution in [0.25, 0.3) is 0 Å². The van der Waals surface area contributed by atoms with Gasteiger partial charge in [-0.3, -0.25) is 9.59 Å². The van der Waals surface area contributed by atoms with E-state index in [1.165, 1.54) is 7.11 Å². The first-order chi connectivity index (χ1) is 14.5. The number of nitrogens with one attached hydrogen (secondary N) is 1. The molecule has 30 heavy (non-hydrogen) atoms. The van der Waals surface area contributed by atoms with Crippen molar-refractivity contribution in [2.45, 2.75) is 18.2 Å². The van der Waals surface area contributed by atoms with Gasteiger partial charge >= 0.3 is 0 Å². The van der Waals surface area contributed by atoms with Gasteiger partial charge in [-0.2, -0.15) is 0 Å². The van der Waals surface area contributed by atoms with Crippen molar-refractivity contribution >= 4 is 17.5 Å². The zero-order valence-electron chi connectivity index (χ0n) is 16.7. The van der Waals surface area contributed by atoms with E-state index in [2.05, 4.69) is 5.32 Å². The molecule has 4 heterocycles. The molecular formula is C22H22N2O6. The van der Waals surface area contributed by atoms with E-state index in [9.17, 15) is 9.59 Å². The normalized spacial score (nSPS) is 28.7. The van der Waals surface area contributed by atoms with Gasteiger partial charge in [0.25, 0.3) is 0 Å². The van der Waals surface area contributed by atoms with Gasteiger partial charge in [0.15, 0.2) is 0 Å². The van der Waals surface area contributed by atoms with E-state index in [0.29, 0.717) is 36.0 Å². The Morgan fingerprint density at radius 2 is 2.17 bits per heavy atom. The monoisotopic (exact) mass is 410 g/mol. The first kappa shape index (κ1) is 18.7. The Balaban J connectivity index is 1.38. The highest BCUT2D eigenvalue weighted by atomic mass is 16.5. The van der Waals surface area contributed by atoms with E-state index in [-0.39, 0.29) is 11.8 Å². The summed E-state index contributed by atoms with van der Waals surface area (Å²) < 4.78 is 22.1. The summed E-state index contributed by atoms with van der Waals surface area (Å²) in [5.74, 6) is 0.251. The van der Waals surface area contributed by atoms with Crippen molar-refractivity contribution in [3.05, 3.63) is 54.5 Å². The Labute approximate surface area is 173 Å². The summed E-state index contributed by atoms with van der Waals surface area (Å²) in [5.41, 5.74) is -0.248. The lowest BCUT2D eigenvalue weighted by molar-refractivity contribution is -0.136. The van der Waals surface area contributed by atoms with Crippen LogP contribution >= 0.6 is 0 Å². The minimum Gasteiger partial charge on any atom is -0.497 e. The highest BCUT2D eigenvalue weighted by Crippen LogP contribution is 2.52. The van der Waals surface area contributed by atoms with E-state index >= 15 is 0 Å². The molecular weight excluding hydrogens is 388 g/mol. The first-order valence-electron chi connectivity index (χ1n) is 9.76. The van der Waals surface area contributed by atoms with Crippen LogP contribution in [0.1, 0.15) is 5.76 Å². The summed E-state index contributed by atoms with van der Waals surface area (Å²) in [5, 5.41) is 2.91. The van der Waals surface area contributed by atoms with Crippen molar-refractivity contribution in [3.63, 3.8) is 0 Å². The van der Waals surface area contributed by atoms with Gasteiger partial charge in [0.2, 0.25) is 11.8 Å². The molecule has 3 aliphatic rings. The molecule has 1 aromatic heterocycles. The van der Waals surface area contributed by atoms with Gasteiger partial charge in [0.05, 0.1) is 57.2 Å². The van der Waals surface area contributed by atoms with Crippen LogP contribution in [0.4, 0.5) is 5.69 Å². The highest BCUT2D eigenvalue weighted by molar-refractivity contribution is 6.00. The predicted octanol–water partition coefficient (Wildman–Crippen LogP) is 2.22. The van der Waals surface area contributed by atoms with E-state index < -0.39 is 23.5 Å². The molecule has 0 saturated carbocycles. The number of methoxy groups -OCH3 is 2. The zero-order chi connectivity index (χ0) is 20.9. The fraction of sp³-hybridized carbons (Fsp3) is 0.364. The molecule has 1 aromatic carbocycles. The Morgan fingerprint density at radius 3 is 2.90 bits per heavy atom. The van der Waals surface area contributed by atoms with E-state index in [0.717, 1.165) is 0 Å². The number of furan rings is 1. The standard InChI is InChI=1S/C22H22N2O6/c1-27-13-5-6-15(17(10-13)28-2)23-20(25)18-16-7-8-22(30-16)12-24(21(26)19(18)22)11-14-4-3-9-29-14/h3-10,16,18-19H,11-12H2,1-2H3,(H,23,25)/t16-,18+,19+,22+/m1/s1. The summed E-state index contributed by atoms with van der Waals surface area (Å²) in [4.78, 5) is 28.2. The van der Waals surface area contributed by atoms with Crippen LogP contribution in [0.2, 0.25) is 0 Å². The molecule has 0 unspecified atom stereocenters. The topological polar surface area (TPSA) is 90.2 Å². The molecule has 1 N–H and O–H groups in total. The highest BCUT2D eigenvalue weighted by Gasteiger charge is 2.66. The number of nitrogens with zero attached hydrogens (tertiary/aromatic N) is 1. The van der Waals surface area contributed by atoms with Crippen molar-refractivity contribution < 1.29 is 28.2 Å². The second-order valence-electron chi connectivity index (χ2n) is 7.73. The molecule has 3 aliphatic heterocycles. The molecule has 2 bridgehead atoms. The van der Waals surface area contributed by atoms with E-state index in [1.54, 1.807) is 42.5 Å². The molecule has 2 amide bonds. The molecule has 1 spiro atoms. The number of carbonyl (C=O) groups excluding carboxylic acids is 2. The third kappa shape index (κ3) is 2.79. The van der Waals surface area contributed by atoms with Crippen molar-refractivity contribution in [1.29, 1.82) is 0 Å². The molecule has 2 saturated heterocycles. The minimum atomic E-state index is -0.764. The van der Waals surface area contributed by atoms with Crippen LogP contribution in [-0.4, -0.2) is 49.2 Å². The Morgan fingerprint density at radius 1 is 1.30 bits per heavy atom. The molecule has 0 aliphatic carbocycles. The second-order valence-corrected chi connectivity index (χ2v) is 7.73. The number of amides is 2. The van der Waals surface area contributed by atoms with Gasteiger partial charge in [-0.05, 0) is 24.3 Å². The van der Waals surface area contributed by atoms with Crippen LogP contribution in [0.15, 0.2) is 53.2 Å². The molecule has 4 atom stereocenters. The van der Waals surface area contributed by atoms with Crippen LogP contribution < -0.4 is 14.8 Å². The molecule has 0 radical (unpaired) electrons. The van der Waals surface area contributed by atoms with Crippen molar-refractivity contribution in [3.8, 4) is 11.5 Å². The number of carbonyl (C=O) groups is 2. The van der Waals surface area contributed by atoms with Gasteiger partial charge in [-0.1, -0.05) is 12.2 Å². The lowest BCUT2D eigenvalue weighted by Crippen LogP contribution is -2.41. The minimum absolute atomic E-state index is 0.0971. The number of hydrogen-bond donors (Lipinski definition) is 1. The molecule has 2 fully saturated rings. The van der Waals surface area contributed by atoms with Crippen molar-refractivity contribution in [2.24, 2.45) is 11.8 Å². The maximum absolute atomic E-state index is 13.2. The molecule has 8 heteroatoms. The summed E-state index contributed by atoms with van der Waals surface area (Å²) in [7, 11) is 3.08. The van der Waals surface area contributed by atoms with Gasteiger partial charge in [0.1, 0.15) is 22.9 Å². The average molecular weight is 410 g/mol.